The van der Waals surface area contributed by atoms with Gasteiger partial charge >= 0.3 is 0 Å². The van der Waals surface area contributed by atoms with Gasteiger partial charge in [0.25, 0.3) is 5.78 Å². The van der Waals surface area contributed by atoms with Crippen LogP contribution in [0.2, 0.25) is 0 Å². The number of aromatic nitrogens is 4. The molecule has 0 aromatic carbocycles. The standard InChI is InChI=1S/C17H18N4S/c1-16(2)10-6-7-17(16,3)14-13(10)19-20-15-18-11(9-21(14)15)12-5-4-8-22-12/h4-5,8-10H,6-7H2,1-3H3. The molecule has 0 spiro atoms. The van der Waals surface area contributed by atoms with Crippen molar-refractivity contribution < 1.29 is 0 Å². The lowest BCUT2D eigenvalue weighted by Crippen LogP contribution is -2.32. The van der Waals surface area contributed by atoms with Crippen molar-refractivity contribution in [3.63, 3.8) is 0 Å². The van der Waals surface area contributed by atoms with E-state index in [0.29, 0.717) is 5.92 Å². The number of hydrogen-bond acceptors (Lipinski definition) is 4. The van der Waals surface area contributed by atoms with E-state index in [1.165, 1.54) is 29.1 Å². The molecule has 2 unspecified atom stereocenters. The lowest BCUT2D eigenvalue weighted by molar-refractivity contribution is 0.225. The van der Waals surface area contributed by atoms with Crippen molar-refractivity contribution in [2.75, 3.05) is 0 Å². The summed E-state index contributed by atoms with van der Waals surface area (Å²) < 4.78 is 2.21. The third-order valence-corrected chi connectivity index (χ3v) is 7.16. The zero-order valence-electron chi connectivity index (χ0n) is 13.0. The van der Waals surface area contributed by atoms with Crippen LogP contribution >= 0.6 is 11.3 Å². The number of hydrogen-bond donors (Lipinski definition) is 0. The van der Waals surface area contributed by atoms with E-state index in [9.17, 15) is 0 Å². The molecule has 4 nitrogen and oxygen atoms in total. The summed E-state index contributed by atoms with van der Waals surface area (Å²) in [5.74, 6) is 1.25. The van der Waals surface area contributed by atoms with Gasteiger partial charge in [0.15, 0.2) is 0 Å². The predicted octanol–water partition coefficient (Wildman–Crippen LogP) is 4.03. The Morgan fingerprint density at radius 1 is 1.27 bits per heavy atom. The third kappa shape index (κ3) is 1.28. The van der Waals surface area contributed by atoms with Gasteiger partial charge in [-0.1, -0.05) is 26.8 Å². The van der Waals surface area contributed by atoms with Gasteiger partial charge < -0.3 is 0 Å². The SMILES string of the molecule is CC12CCC(c3nnc4nc(-c5cccs5)cn4c31)C2(C)C. The second kappa shape index (κ2) is 3.77. The smallest absolute Gasteiger partial charge is 0.254 e. The van der Waals surface area contributed by atoms with Crippen LogP contribution in [0.1, 0.15) is 50.9 Å². The summed E-state index contributed by atoms with van der Waals surface area (Å²) >= 11 is 1.71. The molecule has 112 valence electrons. The molecular formula is C17H18N4S. The first kappa shape index (κ1) is 12.8. The van der Waals surface area contributed by atoms with Gasteiger partial charge in [0, 0.05) is 17.5 Å². The molecule has 3 heterocycles. The van der Waals surface area contributed by atoms with E-state index in [4.69, 9.17) is 4.98 Å². The lowest BCUT2D eigenvalue weighted by atomic mass is 9.70. The number of fused-ring (bicyclic) bond motifs is 7. The highest BCUT2D eigenvalue weighted by atomic mass is 32.1. The van der Waals surface area contributed by atoms with Crippen LogP contribution in [0.15, 0.2) is 23.7 Å². The minimum absolute atomic E-state index is 0.161. The van der Waals surface area contributed by atoms with Crippen LogP contribution in [0.5, 0.6) is 0 Å². The number of rotatable bonds is 1. The van der Waals surface area contributed by atoms with Crippen molar-refractivity contribution in [2.45, 2.75) is 44.9 Å². The highest BCUT2D eigenvalue weighted by molar-refractivity contribution is 7.13. The van der Waals surface area contributed by atoms with Crippen LogP contribution in [-0.2, 0) is 5.41 Å². The number of imidazole rings is 1. The van der Waals surface area contributed by atoms with Gasteiger partial charge in [0.2, 0.25) is 0 Å². The molecule has 2 aliphatic rings. The summed E-state index contributed by atoms with van der Waals surface area (Å²) in [5, 5.41) is 11.1. The zero-order valence-corrected chi connectivity index (χ0v) is 13.8. The van der Waals surface area contributed by atoms with Gasteiger partial charge in [-0.15, -0.1) is 21.5 Å². The highest BCUT2D eigenvalue weighted by Gasteiger charge is 2.61. The number of nitrogens with zero attached hydrogens (tertiary/aromatic N) is 4. The maximum Gasteiger partial charge on any atom is 0.254 e. The molecule has 1 fully saturated rings. The van der Waals surface area contributed by atoms with E-state index in [0.717, 1.165) is 11.5 Å². The molecular weight excluding hydrogens is 292 g/mol. The Balaban J connectivity index is 1.82. The fourth-order valence-electron chi connectivity index (χ4n) is 4.60. The topological polar surface area (TPSA) is 43.1 Å². The van der Waals surface area contributed by atoms with Crippen molar-refractivity contribution in [3.05, 3.63) is 35.1 Å². The summed E-state index contributed by atoms with van der Waals surface area (Å²) in [6, 6.07) is 4.17. The van der Waals surface area contributed by atoms with Crippen LogP contribution in [-0.4, -0.2) is 19.6 Å². The molecule has 3 aromatic heterocycles. The molecule has 2 atom stereocenters. The molecule has 5 heteroatoms. The van der Waals surface area contributed by atoms with E-state index >= 15 is 0 Å². The van der Waals surface area contributed by atoms with Crippen molar-refractivity contribution in [2.24, 2.45) is 5.41 Å². The Labute approximate surface area is 133 Å². The average Bonchev–Trinajstić information content (AvgIpc) is 3.21. The van der Waals surface area contributed by atoms with Crippen LogP contribution in [0.3, 0.4) is 0 Å². The maximum atomic E-state index is 4.69. The largest absolute Gasteiger partial charge is 0.284 e. The molecule has 5 rings (SSSR count). The van der Waals surface area contributed by atoms with Crippen LogP contribution in [0, 0.1) is 5.41 Å². The minimum Gasteiger partial charge on any atom is -0.284 e. The molecule has 0 N–H and O–H groups in total. The molecule has 22 heavy (non-hydrogen) atoms. The number of thiophene rings is 1. The van der Waals surface area contributed by atoms with E-state index < -0.39 is 0 Å². The Kier molecular flexibility index (Phi) is 2.19. The van der Waals surface area contributed by atoms with Gasteiger partial charge in [-0.3, -0.25) is 4.40 Å². The van der Waals surface area contributed by atoms with Crippen LogP contribution in [0.4, 0.5) is 0 Å². The molecule has 0 amide bonds. The molecule has 0 aliphatic heterocycles. The highest BCUT2D eigenvalue weighted by Crippen LogP contribution is 2.66. The Morgan fingerprint density at radius 3 is 2.91 bits per heavy atom. The second-order valence-corrected chi connectivity index (χ2v) is 8.30. The van der Waals surface area contributed by atoms with Crippen LogP contribution < -0.4 is 0 Å². The summed E-state index contributed by atoms with van der Waals surface area (Å²) in [6.45, 7) is 7.16. The maximum absolute atomic E-state index is 4.69. The minimum atomic E-state index is 0.161. The average molecular weight is 310 g/mol. The van der Waals surface area contributed by atoms with Gasteiger partial charge in [-0.05, 0) is 29.7 Å². The van der Waals surface area contributed by atoms with Gasteiger partial charge in [0.1, 0.15) is 5.69 Å². The zero-order chi connectivity index (χ0) is 15.1. The first-order valence-electron chi connectivity index (χ1n) is 7.82. The fraction of sp³-hybridized carbons (Fsp3) is 0.471. The summed E-state index contributed by atoms with van der Waals surface area (Å²) in [4.78, 5) is 5.88. The van der Waals surface area contributed by atoms with E-state index in [2.05, 4.69) is 59.1 Å². The second-order valence-electron chi connectivity index (χ2n) is 7.35. The first-order valence-corrected chi connectivity index (χ1v) is 8.70. The fourth-order valence-corrected chi connectivity index (χ4v) is 5.28. The van der Waals surface area contributed by atoms with E-state index in [1.54, 1.807) is 11.3 Å². The van der Waals surface area contributed by atoms with Crippen molar-refractivity contribution >= 4 is 17.1 Å². The molecule has 3 aromatic rings. The molecule has 0 saturated heterocycles. The van der Waals surface area contributed by atoms with Gasteiger partial charge in [-0.25, -0.2) is 4.98 Å². The molecule has 2 aliphatic carbocycles. The van der Waals surface area contributed by atoms with Gasteiger partial charge in [0.05, 0.1) is 16.3 Å². The van der Waals surface area contributed by atoms with Crippen LogP contribution in [0.25, 0.3) is 16.3 Å². The van der Waals surface area contributed by atoms with Gasteiger partial charge in [-0.2, -0.15) is 0 Å². The lowest BCUT2D eigenvalue weighted by Gasteiger charge is -2.34. The summed E-state index contributed by atoms with van der Waals surface area (Å²) in [7, 11) is 0. The quantitative estimate of drug-likeness (QED) is 0.681. The molecule has 0 radical (unpaired) electrons. The molecule has 1 saturated carbocycles. The van der Waals surface area contributed by atoms with E-state index in [-0.39, 0.29) is 10.8 Å². The summed E-state index contributed by atoms with van der Waals surface area (Å²) in [5.41, 5.74) is 3.94. The molecule has 2 bridgehead atoms. The first-order chi connectivity index (χ1) is 10.5. The van der Waals surface area contributed by atoms with E-state index in [1.807, 2.05) is 0 Å². The normalized spacial score (nSPS) is 28.4. The Hall–Kier alpha value is -1.75. The summed E-state index contributed by atoms with van der Waals surface area (Å²) in [6.07, 6.45) is 4.60. The predicted molar refractivity (Wildman–Crippen MR) is 87.2 cm³/mol. The third-order valence-electron chi connectivity index (χ3n) is 6.27. The monoisotopic (exact) mass is 310 g/mol. The van der Waals surface area contributed by atoms with Crippen molar-refractivity contribution in [1.82, 2.24) is 19.6 Å². The Morgan fingerprint density at radius 2 is 2.14 bits per heavy atom. The van der Waals surface area contributed by atoms with Crippen molar-refractivity contribution in [3.8, 4) is 10.6 Å². The van der Waals surface area contributed by atoms with Crippen molar-refractivity contribution in [1.29, 1.82) is 0 Å². The Bertz CT molecular complexity index is 893.